The molecule has 35 heavy (non-hydrogen) atoms. The van der Waals surface area contributed by atoms with Crippen molar-refractivity contribution in [2.24, 2.45) is 11.5 Å². The topological polar surface area (TPSA) is 142 Å². The van der Waals surface area contributed by atoms with Crippen LogP contribution in [-0.2, 0) is 5.54 Å². The van der Waals surface area contributed by atoms with Crippen molar-refractivity contribution in [3.05, 3.63) is 72.2 Å². The zero-order valence-corrected chi connectivity index (χ0v) is 19.6. The standard InChI is InChI=1S/C24H30FN9O/c1-32-9-3-2-4-19(32)12-17(27)14-33-10-6-24(16-26,7-11-33)34-15-20(22(28)35)23(31-34)30-18-5-8-29-21(25)13-18/h2-5,8-9,12-13,15,27H,6-7,10-11,14,16,26H2,1H3,(H2,28,35)(H,29,30,31)/b19-12-,27-17?. The minimum atomic E-state index is -0.648. The molecule has 4 heterocycles. The van der Waals surface area contributed by atoms with Crippen LogP contribution in [0, 0.1) is 11.4 Å². The maximum absolute atomic E-state index is 13.5. The Morgan fingerprint density at radius 2 is 2.11 bits per heavy atom. The number of carbonyl (C=O) groups is 1. The molecule has 0 radical (unpaired) electrons. The lowest BCUT2D eigenvalue weighted by molar-refractivity contribution is 0.0998. The number of hydrogen-bond donors (Lipinski definition) is 4. The fraction of sp³-hybridized carbons (Fsp3) is 0.333. The maximum Gasteiger partial charge on any atom is 0.254 e. The van der Waals surface area contributed by atoms with E-state index in [4.69, 9.17) is 16.9 Å². The van der Waals surface area contributed by atoms with Crippen LogP contribution < -0.4 is 16.8 Å². The van der Waals surface area contributed by atoms with E-state index in [0.29, 0.717) is 37.3 Å². The van der Waals surface area contributed by atoms with Crippen LogP contribution in [0.3, 0.4) is 0 Å². The van der Waals surface area contributed by atoms with Gasteiger partial charge in [-0.25, -0.2) is 4.98 Å². The Bertz CT molecular complexity index is 1190. The van der Waals surface area contributed by atoms with Crippen molar-refractivity contribution in [3.63, 3.8) is 0 Å². The molecular formula is C24H30FN9O. The van der Waals surface area contributed by atoms with Crippen molar-refractivity contribution in [1.82, 2.24) is 24.6 Å². The SMILES string of the molecule is CN1C=CC=C/C1=C/C(=N)CN1CCC(CN)(n2cc(C(N)=O)c(Nc3ccnc(F)c3)n2)CC1. The van der Waals surface area contributed by atoms with Crippen LogP contribution in [0.1, 0.15) is 23.2 Å². The average Bonchev–Trinajstić information content (AvgIpc) is 3.26. The number of nitrogens with zero attached hydrogens (tertiary/aromatic N) is 5. The number of piperidine rings is 1. The lowest BCUT2D eigenvalue weighted by Crippen LogP contribution is -2.51. The van der Waals surface area contributed by atoms with Crippen LogP contribution in [0.25, 0.3) is 0 Å². The van der Waals surface area contributed by atoms with Gasteiger partial charge in [0.1, 0.15) is 5.56 Å². The number of aromatic nitrogens is 3. The highest BCUT2D eigenvalue weighted by atomic mass is 19.1. The smallest absolute Gasteiger partial charge is 0.254 e. The highest BCUT2D eigenvalue weighted by Crippen LogP contribution is 2.31. The maximum atomic E-state index is 13.5. The van der Waals surface area contributed by atoms with Gasteiger partial charge in [0.2, 0.25) is 5.95 Å². The van der Waals surface area contributed by atoms with Crippen LogP contribution in [0.15, 0.2) is 60.7 Å². The third-order valence-electron chi connectivity index (χ3n) is 6.43. The molecule has 10 nitrogen and oxygen atoms in total. The van der Waals surface area contributed by atoms with Gasteiger partial charge in [-0.2, -0.15) is 9.49 Å². The second-order valence-electron chi connectivity index (χ2n) is 8.80. The van der Waals surface area contributed by atoms with Crippen molar-refractivity contribution < 1.29 is 9.18 Å². The zero-order valence-electron chi connectivity index (χ0n) is 19.6. The van der Waals surface area contributed by atoms with E-state index in [1.165, 1.54) is 12.3 Å². The summed E-state index contributed by atoms with van der Waals surface area (Å²) in [4.78, 5) is 19.8. The summed E-state index contributed by atoms with van der Waals surface area (Å²) in [5, 5.41) is 16.0. The predicted octanol–water partition coefficient (Wildman–Crippen LogP) is 1.93. The fourth-order valence-electron chi connectivity index (χ4n) is 4.31. The number of rotatable bonds is 8. The summed E-state index contributed by atoms with van der Waals surface area (Å²) >= 11 is 0. The number of carbonyl (C=O) groups excluding carboxylic acids is 1. The van der Waals surface area contributed by atoms with Crippen LogP contribution in [0.5, 0.6) is 0 Å². The highest BCUT2D eigenvalue weighted by Gasteiger charge is 2.37. The molecule has 0 aromatic carbocycles. The van der Waals surface area contributed by atoms with E-state index in [1.807, 2.05) is 42.5 Å². The summed E-state index contributed by atoms with van der Waals surface area (Å²) in [6.07, 6.45) is 14.0. The molecule has 0 aliphatic carbocycles. The summed E-state index contributed by atoms with van der Waals surface area (Å²) in [5.74, 6) is -1.05. The summed E-state index contributed by atoms with van der Waals surface area (Å²) in [5.41, 5.74) is 13.4. The third kappa shape index (κ3) is 5.47. The summed E-state index contributed by atoms with van der Waals surface area (Å²) in [7, 11) is 1.95. The molecule has 1 amide bonds. The number of likely N-dealkylation sites (tertiary alicyclic amines) is 1. The number of allylic oxidation sites excluding steroid dienone is 3. The Balaban J connectivity index is 1.46. The van der Waals surface area contributed by atoms with Crippen molar-refractivity contribution in [2.45, 2.75) is 18.4 Å². The minimum Gasteiger partial charge on any atom is -0.365 e. The summed E-state index contributed by atoms with van der Waals surface area (Å²) in [6.45, 7) is 2.30. The Morgan fingerprint density at radius 3 is 2.77 bits per heavy atom. The average molecular weight is 480 g/mol. The number of hydrogen-bond acceptors (Lipinski definition) is 8. The molecule has 0 spiro atoms. The zero-order chi connectivity index (χ0) is 25.0. The number of nitrogens with two attached hydrogens (primary N) is 2. The molecule has 0 bridgehead atoms. The molecule has 6 N–H and O–H groups in total. The first-order chi connectivity index (χ1) is 16.8. The Kier molecular flexibility index (Phi) is 7.08. The number of primary amides is 1. The minimum absolute atomic E-state index is 0.199. The predicted molar refractivity (Wildman–Crippen MR) is 133 cm³/mol. The van der Waals surface area contributed by atoms with E-state index in [1.54, 1.807) is 16.9 Å². The van der Waals surface area contributed by atoms with E-state index >= 15 is 0 Å². The molecule has 1 saturated heterocycles. The van der Waals surface area contributed by atoms with Crippen molar-refractivity contribution in [1.29, 1.82) is 5.41 Å². The number of pyridine rings is 1. The Morgan fingerprint density at radius 1 is 1.34 bits per heavy atom. The first-order valence-corrected chi connectivity index (χ1v) is 11.4. The number of amides is 1. The van der Waals surface area contributed by atoms with Crippen molar-refractivity contribution in [2.75, 3.05) is 38.5 Å². The molecule has 1 fully saturated rings. The van der Waals surface area contributed by atoms with Gasteiger partial charge in [-0.05, 0) is 37.1 Å². The van der Waals surface area contributed by atoms with E-state index in [0.717, 1.165) is 18.8 Å². The van der Waals surface area contributed by atoms with Gasteiger partial charge < -0.3 is 27.1 Å². The van der Waals surface area contributed by atoms with Crippen LogP contribution in [0.4, 0.5) is 15.9 Å². The van der Waals surface area contributed by atoms with Gasteiger partial charge in [0.15, 0.2) is 5.82 Å². The van der Waals surface area contributed by atoms with E-state index in [2.05, 4.69) is 20.3 Å². The lowest BCUT2D eigenvalue weighted by Gasteiger charge is -2.41. The van der Waals surface area contributed by atoms with Gasteiger partial charge in [0, 0.05) is 75.0 Å². The molecule has 0 saturated carbocycles. The highest BCUT2D eigenvalue weighted by molar-refractivity contribution is 5.98. The van der Waals surface area contributed by atoms with Gasteiger partial charge in [0.25, 0.3) is 5.91 Å². The van der Waals surface area contributed by atoms with E-state index in [9.17, 15) is 9.18 Å². The number of anilines is 2. The monoisotopic (exact) mass is 479 g/mol. The molecule has 4 rings (SSSR count). The molecular weight excluding hydrogens is 449 g/mol. The fourth-order valence-corrected chi connectivity index (χ4v) is 4.31. The Labute approximate surface area is 203 Å². The first-order valence-electron chi connectivity index (χ1n) is 11.4. The molecule has 0 atom stereocenters. The molecule has 2 aliphatic rings. The van der Waals surface area contributed by atoms with E-state index in [-0.39, 0.29) is 11.4 Å². The van der Waals surface area contributed by atoms with Crippen LogP contribution in [0.2, 0.25) is 0 Å². The third-order valence-corrected chi connectivity index (χ3v) is 6.43. The second-order valence-corrected chi connectivity index (χ2v) is 8.80. The summed E-state index contributed by atoms with van der Waals surface area (Å²) in [6, 6.07) is 2.79. The Hall–Kier alpha value is -3.83. The lowest BCUT2D eigenvalue weighted by atomic mass is 9.87. The second kappa shape index (κ2) is 10.2. The van der Waals surface area contributed by atoms with E-state index < -0.39 is 17.4 Å². The van der Waals surface area contributed by atoms with Crippen molar-refractivity contribution in [3.8, 4) is 0 Å². The molecule has 2 aromatic rings. The largest absolute Gasteiger partial charge is 0.365 e. The summed E-state index contributed by atoms with van der Waals surface area (Å²) < 4.78 is 15.2. The molecule has 11 heteroatoms. The number of likely N-dealkylation sites (N-methyl/N-ethyl adjacent to an activating group) is 1. The van der Waals surface area contributed by atoms with Crippen molar-refractivity contribution >= 4 is 23.1 Å². The molecule has 184 valence electrons. The first kappa shape index (κ1) is 24.3. The van der Waals surface area contributed by atoms with Crippen LogP contribution in [-0.4, -0.2) is 69.4 Å². The molecule has 2 aromatic heterocycles. The van der Waals surface area contributed by atoms with Gasteiger partial charge in [-0.15, -0.1) is 0 Å². The number of halogens is 1. The van der Waals surface area contributed by atoms with Crippen LogP contribution >= 0.6 is 0 Å². The van der Waals surface area contributed by atoms with Gasteiger partial charge in [-0.3, -0.25) is 14.4 Å². The molecule has 0 unspecified atom stereocenters. The van der Waals surface area contributed by atoms with Gasteiger partial charge in [-0.1, -0.05) is 6.08 Å². The van der Waals surface area contributed by atoms with Gasteiger partial charge in [0.05, 0.1) is 5.54 Å². The van der Waals surface area contributed by atoms with Gasteiger partial charge >= 0.3 is 0 Å². The molecule has 2 aliphatic heterocycles. The quantitative estimate of drug-likeness (QED) is 0.335. The normalized spacial score (nSPS) is 18.7. The number of nitrogens with one attached hydrogen (secondary N) is 2.